The largest absolute Gasteiger partial charge is 0.273 e. The summed E-state index contributed by atoms with van der Waals surface area (Å²) in [5.74, 6) is -0.170. The SMILES string of the molecule is CCn1nc(C)c(/C=N/NC(=O)Cc2ccc(Cl)cc2)c1C. The molecule has 0 bridgehead atoms. The molecule has 116 valence electrons. The number of aryl methyl sites for hydroxylation is 2. The van der Waals surface area contributed by atoms with Gasteiger partial charge in [-0.2, -0.15) is 10.2 Å². The van der Waals surface area contributed by atoms with Crippen molar-refractivity contribution in [3.63, 3.8) is 0 Å². The minimum Gasteiger partial charge on any atom is -0.273 e. The van der Waals surface area contributed by atoms with Crippen LogP contribution in [0, 0.1) is 13.8 Å². The molecule has 6 heteroatoms. The van der Waals surface area contributed by atoms with Crippen molar-refractivity contribution in [3.05, 3.63) is 51.8 Å². The van der Waals surface area contributed by atoms with Crippen molar-refractivity contribution >= 4 is 23.7 Å². The number of aromatic nitrogens is 2. The van der Waals surface area contributed by atoms with Crippen LogP contribution in [-0.4, -0.2) is 21.9 Å². The zero-order chi connectivity index (χ0) is 16.1. The van der Waals surface area contributed by atoms with Crippen molar-refractivity contribution in [1.82, 2.24) is 15.2 Å². The number of carbonyl (C=O) groups is 1. The molecule has 2 aromatic rings. The Labute approximate surface area is 135 Å². The van der Waals surface area contributed by atoms with Crippen molar-refractivity contribution in [1.29, 1.82) is 0 Å². The fourth-order valence-corrected chi connectivity index (χ4v) is 2.33. The highest BCUT2D eigenvalue weighted by molar-refractivity contribution is 6.30. The van der Waals surface area contributed by atoms with Crippen LogP contribution >= 0.6 is 11.6 Å². The van der Waals surface area contributed by atoms with Crippen molar-refractivity contribution < 1.29 is 4.79 Å². The third-order valence-electron chi connectivity index (χ3n) is 3.40. The van der Waals surface area contributed by atoms with Crippen molar-refractivity contribution in [2.45, 2.75) is 33.7 Å². The lowest BCUT2D eigenvalue weighted by atomic mass is 10.1. The quantitative estimate of drug-likeness (QED) is 0.680. The van der Waals surface area contributed by atoms with Gasteiger partial charge < -0.3 is 0 Å². The number of hydrogen-bond acceptors (Lipinski definition) is 3. The molecule has 0 fully saturated rings. The van der Waals surface area contributed by atoms with E-state index in [4.69, 9.17) is 11.6 Å². The molecule has 1 aromatic heterocycles. The number of benzene rings is 1. The second-order valence-corrected chi connectivity index (χ2v) is 5.43. The minimum absolute atomic E-state index is 0.170. The Balaban J connectivity index is 1.96. The summed E-state index contributed by atoms with van der Waals surface area (Å²) in [5, 5.41) is 9.08. The van der Waals surface area contributed by atoms with Crippen LogP contribution in [0.5, 0.6) is 0 Å². The maximum absolute atomic E-state index is 11.8. The molecular weight excluding hydrogens is 300 g/mol. The van der Waals surface area contributed by atoms with Gasteiger partial charge in [0.2, 0.25) is 5.91 Å². The predicted molar refractivity (Wildman–Crippen MR) is 88.3 cm³/mol. The van der Waals surface area contributed by atoms with Gasteiger partial charge in [-0.1, -0.05) is 23.7 Å². The lowest BCUT2D eigenvalue weighted by Crippen LogP contribution is -2.19. The fraction of sp³-hybridized carbons (Fsp3) is 0.312. The molecule has 0 spiro atoms. The van der Waals surface area contributed by atoms with Gasteiger partial charge >= 0.3 is 0 Å². The number of hydrogen-bond donors (Lipinski definition) is 1. The molecule has 0 saturated carbocycles. The number of amides is 1. The molecular formula is C16H19ClN4O. The van der Waals surface area contributed by atoms with E-state index in [-0.39, 0.29) is 12.3 Å². The maximum Gasteiger partial charge on any atom is 0.244 e. The highest BCUT2D eigenvalue weighted by atomic mass is 35.5. The van der Waals surface area contributed by atoms with Crippen LogP contribution in [-0.2, 0) is 17.8 Å². The Bertz CT molecular complexity index is 689. The first-order chi connectivity index (χ1) is 10.5. The molecule has 0 radical (unpaired) electrons. The van der Waals surface area contributed by atoms with Gasteiger partial charge in [0, 0.05) is 22.8 Å². The smallest absolute Gasteiger partial charge is 0.244 e. The second-order valence-electron chi connectivity index (χ2n) is 5.00. The van der Waals surface area contributed by atoms with E-state index in [9.17, 15) is 4.79 Å². The van der Waals surface area contributed by atoms with Gasteiger partial charge in [-0.25, -0.2) is 5.43 Å². The highest BCUT2D eigenvalue weighted by Gasteiger charge is 2.08. The number of carbonyl (C=O) groups excluding carboxylic acids is 1. The summed E-state index contributed by atoms with van der Waals surface area (Å²) in [6.07, 6.45) is 1.91. The van der Waals surface area contributed by atoms with Gasteiger partial charge in [0.15, 0.2) is 0 Å². The van der Waals surface area contributed by atoms with Gasteiger partial charge in [-0.05, 0) is 38.5 Å². The van der Waals surface area contributed by atoms with Gasteiger partial charge in [0.05, 0.1) is 18.3 Å². The van der Waals surface area contributed by atoms with Crippen molar-refractivity contribution in [3.8, 4) is 0 Å². The Kier molecular flexibility index (Phi) is 5.33. The number of nitrogens with one attached hydrogen (secondary N) is 1. The van der Waals surface area contributed by atoms with E-state index in [0.717, 1.165) is 29.1 Å². The summed E-state index contributed by atoms with van der Waals surface area (Å²) in [6, 6.07) is 7.18. The first kappa shape index (κ1) is 16.2. The molecule has 0 unspecified atom stereocenters. The van der Waals surface area contributed by atoms with Crippen LogP contribution < -0.4 is 5.43 Å². The summed E-state index contributed by atoms with van der Waals surface area (Å²) < 4.78 is 1.91. The lowest BCUT2D eigenvalue weighted by molar-refractivity contribution is -0.120. The number of hydrazone groups is 1. The first-order valence-electron chi connectivity index (χ1n) is 7.11. The van der Waals surface area contributed by atoms with Crippen LogP contribution in [0.4, 0.5) is 0 Å². The lowest BCUT2D eigenvalue weighted by Gasteiger charge is -2.01. The van der Waals surface area contributed by atoms with E-state index >= 15 is 0 Å². The molecule has 5 nitrogen and oxygen atoms in total. The van der Waals surface area contributed by atoms with Gasteiger partial charge in [0.25, 0.3) is 0 Å². The summed E-state index contributed by atoms with van der Waals surface area (Å²) >= 11 is 5.81. The van der Waals surface area contributed by atoms with Crippen molar-refractivity contribution in [2.75, 3.05) is 0 Å². The van der Waals surface area contributed by atoms with Crippen LogP contribution in [0.2, 0.25) is 5.02 Å². The monoisotopic (exact) mass is 318 g/mol. The first-order valence-corrected chi connectivity index (χ1v) is 7.49. The Morgan fingerprint density at radius 2 is 2.05 bits per heavy atom. The van der Waals surface area contributed by atoms with Crippen LogP contribution in [0.3, 0.4) is 0 Å². The molecule has 0 aliphatic rings. The summed E-state index contributed by atoms with van der Waals surface area (Å²) in [5.41, 5.74) is 6.30. The summed E-state index contributed by atoms with van der Waals surface area (Å²) in [6.45, 7) is 6.76. The number of nitrogens with zero attached hydrogens (tertiary/aromatic N) is 3. The van der Waals surface area contributed by atoms with Crippen molar-refractivity contribution in [2.24, 2.45) is 5.10 Å². The molecule has 0 saturated heterocycles. The average Bonchev–Trinajstić information content (AvgIpc) is 2.77. The molecule has 22 heavy (non-hydrogen) atoms. The van der Waals surface area contributed by atoms with E-state index in [1.807, 2.05) is 37.6 Å². The van der Waals surface area contributed by atoms with Crippen LogP contribution in [0.15, 0.2) is 29.4 Å². The predicted octanol–water partition coefficient (Wildman–Crippen LogP) is 2.87. The normalized spacial score (nSPS) is 11.1. The van der Waals surface area contributed by atoms with E-state index in [1.54, 1.807) is 18.3 Å². The summed E-state index contributed by atoms with van der Waals surface area (Å²) in [4.78, 5) is 11.8. The topological polar surface area (TPSA) is 59.3 Å². The third kappa shape index (κ3) is 3.95. The third-order valence-corrected chi connectivity index (χ3v) is 3.65. The van der Waals surface area contributed by atoms with E-state index in [1.165, 1.54) is 0 Å². The molecule has 1 heterocycles. The molecule has 0 aliphatic heterocycles. The molecule has 1 amide bonds. The average molecular weight is 319 g/mol. The van der Waals surface area contributed by atoms with E-state index < -0.39 is 0 Å². The zero-order valence-electron chi connectivity index (χ0n) is 12.9. The van der Waals surface area contributed by atoms with Gasteiger partial charge in [-0.3, -0.25) is 9.48 Å². The zero-order valence-corrected chi connectivity index (χ0v) is 13.7. The highest BCUT2D eigenvalue weighted by Crippen LogP contribution is 2.11. The summed E-state index contributed by atoms with van der Waals surface area (Å²) in [7, 11) is 0. The Morgan fingerprint density at radius 3 is 2.64 bits per heavy atom. The van der Waals surface area contributed by atoms with Crippen LogP contribution in [0.25, 0.3) is 0 Å². The van der Waals surface area contributed by atoms with E-state index in [2.05, 4.69) is 15.6 Å². The minimum atomic E-state index is -0.170. The number of rotatable bonds is 5. The van der Waals surface area contributed by atoms with Crippen LogP contribution in [0.1, 0.15) is 29.4 Å². The molecule has 0 atom stereocenters. The number of halogens is 1. The molecule has 2 rings (SSSR count). The Morgan fingerprint density at radius 1 is 1.36 bits per heavy atom. The van der Waals surface area contributed by atoms with Gasteiger partial charge in [0.1, 0.15) is 0 Å². The molecule has 1 N–H and O–H groups in total. The van der Waals surface area contributed by atoms with Gasteiger partial charge in [-0.15, -0.1) is 0 Å². The fourth-order valence-electron chi connectivity index (χ4n) is 2.20. The second kappa shape index (κ2) is 7.22. The Hall–Kier alpha value is -2.14. The molecule has 1 aromatic carbocycles. The molecule has 0 aliphatic carbocycles. The standard InChI is InChI=1S/C16H19ClN4O/c1-4-21-12(3)15(11(2)20-21)10-18-19-16(22)9-13-5-7-14(17)8-6-13/h5-8,10H,4,9H2,1-3H3,(H,19,22)/b18-10+. The van der Waals surface area contributed by atoms with E-state index in [0.29, 0.717) is 5.02 Å². The maximum atomic E-state index is 11.8.